The Balaban J connectivity index is 0.959. The Hall–Kier alpha value is -8.46. The van der Waals surface area contributed by atoms with Crippen molar-refractivity contribution in [1.29, 1.82) is 0 Å². The molecule has 2 nitrogen and oxygen atoms in total. The van der Waals surface area contributed by atoms with E-state index < -0.39 is 5.41 Å². The average Bonchev–Trinajstić information content (AvgIpc) is 4.05. The summed E-state index contributed by atoms with van der Waals surface area (Å²) in [6.45, 7) is 14.0. The average molecular weight is 938 g/mol. The molecule has 2 aliphatic rings. The molecule has 0 bridgehead atoms. The first-order valence-corrected chi connectivity index (χ1v) is 25.8. The lowest BCUT2D eigenvalue weighted by molar-refractivity contribution is 0.586. The molecule has 0 aliphatic heterocycles. The first-order valence-electron chi connectivity index (χ1n) is 25.8. The van der Waals surface area contributed by atoms with E-state index in [2.05, 4.69) is 271 Å². The van der Waals surface area contributed by atoms with Crippen molar-refractivity contribution in [2.45, 2.75) is 57.8 Å². The maximum atomic E-state index is 6.92. The van der Waals surface area contributed by atoms with Crippen LogP contribution in [0.15, 0.2) is 229 Å². The van der Waals surface area contributed by atoms with Crippen molar-refractivity contribution in [3.05, 3.63) is 258 Å². The van der Waals surface area contributed by atoms with Crippen molar-refractivity contribution in [1.82, 2.24) is 0 Å². The molecule has 0 saturated carbocycles. The van der Waals surface area contributed by atoms with Crippen LogP contribution in [0.4, 0.5) is 17.1 Å². The monoisotopic (exact) mass is 937 g/mol. The molecule has 14 rings (SSSR count). The van der Waals surface area contributed by atoms with E-state index >= 15 is 0 Å². The van der Waals surface area contributed by atoms with Crippen molar-refractivity contribution in [3.63, 3.8) is 0 Å². The second-order valence-corrected chi connectivity index (χ2v) is 22.5. The standard InChI is InChI=1S/C71H55NO/c1-69(2,3)52-33-37-55-56-38-34-53(70(4,5)6)43-63(56)71(62(55)42-52)60-20-11-9-18-59(60)67-61(71)21-14-22-64(67)72(65-23-13-19-58-57-17-10-12-24-66(57)73-68(58)65)54-35-31-45(32-36-54)47-27-28-50-41-51(30-29-49(50)40-47)48-26-25-44-15-7-8-16-46(44)39-48/h7-43H,1-6H3. The number of furan rings is 1. The number of fused-ring (bicyclic) bond motifs is 15. The summed E-state index contributed by atoms with van der Waals surface area (Å²) < 4.78 is 6.92. The molecule has 2 aliphatic carbocycles. The number of benzene rings is 11. The van der Waals surface area contributed by atoms with Gasteiger partial charge in [-0.1, -0.05) is 217 Å². The van der Waals surface area contributed by atoms with Gasteiger partial charge in [0.2, 0.25) is 0 Å². The van der Waals surface area contributed by atoms with E-state index in [0.717, 1.165) is 44.6 Å². The number of nitrogens with zero attached hydrogens (tertiary/aromatic N) is 1. The van der Waals surface area contributed by atoms with Crippen LogP contribution in [-0.2, 0) is 16.2 Å². The van der Waals surface area contributed by atoms with Crippen LogP contribution >= 0.6 is 0 Å². The lowest BCUT2D eigenvalue weighted by atomic mass is 9.69. The van der Waals surface area contributed by atoms with Gasteiger partial charge in [0.1, 0.15) is 5.58 Å². The number of rotatable bonds is 5. The molecule has 0 unspecified atom stereocenters. The van der Waals surface area contributed by atoms with Crippen LogP contribution in [0.2, 0.25) is 0 Å². The third kappa shape index (κ3) is 6.56. The van der Waals surface area contributed by atoms with Crippen molar-refractivity contribution >= 4 is 60.5 Å². The lowest BCUT2D eigenvalue weighted by Gasteiger charge is -2.33. The van der Waals surface area contributed by atoms with E-state index in [0.29, 0.717) is 0 Å². The number of hydrogen-bond acceptors (Lipinski definition) is 2. The normalized spacial score (nSPS) is 13.5. The van der Waals surface area contributed by atoms with Crippen molar-refractivity contribution < 1.29 is 4.42 Å². The van der Waals surface area contributed by atoms with Gasteiger partial charge >= 0.3 is 0 Å². The van der Waals surface area contributed by atoms with Crippen molar-refractivity contribution in [2.24, 2.45) is 0 Å². The zero-order valence-corrected chi connectivity index (χ0v) is 42.2. The number of anilines is 3. The minimum absolute atomic E-state index is 0.0343. The molecule has 1 aromatic heterocycles. The fourth-order valence-corrected chi connectivity index (χ4v) is 12.4. The smallest absolute Gasteiger partial charge is 0.159 e. The molecular weight excluding hydrogens is 883 g/mol. The number of hydrogen-bond donors (Lipinski definition) is 0. The Morgan fingerprint density at radius 3 is 1.53 bits per heavy atom. The first-order chi connectivity index (χ1) is 35.4. The van der Waals surface area contributed by atoms with Gasteiger partial charge in [0.15, 0.2) is 5.58 Å². The Morgan fingerprint density at radius 1 is 0.356 bits per heavy atom. The van der Waals surface area contributed by atoms with Gasteiger partial charge < -0.3 is 9.32 Å². The van der Waals surface area contributed by atoms with E-state index in [-0.39, 0.29) is 10.8 Å². The van der Waals surface area contributed by atoms with E-state index in [1.165, 1.54) is 93.9 Å². The van der Waals surface area contributed by atoms with Gasteiger partial charge in [0, 0.05) is 22.0 Å². The maximum absolute atomic E-state index is 6.92. The summed E-state index contributed by atoms with van der Waals surface area (Å²) in [5.74, 6) is 0. The molecule has 1 spiro atoms. The summed E-state index contributed by atoms with van der Waals surface area (Å²) in [4.78, 5) is 2.46. The molecule has 2 heteroatoms. The van der Waals surface area contributed by atoms with Gasteiger partial charge in [-0.05, 0) is 153 Å². The first kappa shape index (κ1) is 43.3. The van der Waals surface area contributed by atoms with Crippen LogP contribution in [0.25, 0.3) is 88.0 Å². The summed E-state index contributed by atoms with van der Waals surface area (Å²) in [7, 11) is 0. The van der Waals surface area contributed by atoms with E-state index in [9.17, 15) is 0 Å². The summed E-state index contributed by atoms with van der Waals surface area (Å²) in [5, 5.41) is 7.17. The molecule has 0 saturated heterocycles. The van der Waals surface area contributed by atoms with Crippen LogP contribution in [0.5, 0.6) is 0 Å². The predicted octanol–water partition coefficient (Wildman–Crippen LogP) is 19.6. The van der Waals surface area contributed by atoms with E-state index in [1.54, 1.807) is 0 Å². The zero-order chi connectivity index (χ0) is 49.4. The van der Waals surface area contributed by atoms with Crippen molar-refractivity contribution in [2.75, 3.05) is 4.90 Å². The molecule has 0 radical (unpaired) electrons. The fraction of sp³-hybridized carbons (Fsp3) is 0.127. The molecule has 73 heavy (non-hydrogen) atoms. The van der Waals surface area contributed by atoms with Gasteiger partial charge in [-0.25, -0.2) is 0 Å². The molecule has 350 valence electrons. The highest BCUT2D eigenvalue weighted by Gasteiger charge is 2.53. The Kier molecular flexibility index (Phi) is 9.36. The third-order valence-corrected chi connectivity index (χ3v) is 16.2. The number of para-hydroxylation sites is 2. The minimum atomic E-state index is -0.539. The molecule has 0 fully saturated rings. The van der Waals surface area contributed by atoms with Crippen LogP contribution in [-0.4, -0.2) is 0 Å². The molecule has 0 amide bonds. The second-order valence-electron chi connectivity index (χ2n) is 22.5. The predicted molar refractivity (Wildman–Crippen MR) is 308 cm³/mol. The topological polar surface area (TPSA) is 16.4 Å². The molecule has 0 N–H and O–H groups in total. The SMILES string of the molecule is CC(C)(C)c1ccc2c(c1)C1(c3cc(C(C)(C)C)ccc3-2)c2ccccc2-c2c(N(c3ccc(-c4ccc5cc(-c6ccc7ccccc7c6)ccc5c4)cc3)c3cccc4c3oc3ccccc34)cccc21. The summed E-state index contributed by atoms with van der Waals surface area (Å²) in [6.07, 6.45) is 0. The van der Waals surface area contributed by atoms with Gasteiger partial charge in [0.25, 0.3) is 0 Å². The van der Waals surface area contributed by atoms with Gasteiger partial charge in [-0.2, -0.15) is 0 Å². The van der Waals surface area contributed by atoms with Crippen molar-refractivity contribution in [3.8, 4) is 44.5 Å². The molecular formula is C71H55NO. The summed E-state index contributed by atoms with van der Waals surface area (Å²) >= 11 is 0. The molecule has 11 aromatic carbocycles. The zero-order valence-electron chi connectivity index (χ0n) is 42.2. The van der Waals surface area contributed by atoms with Crippen LogP contribution in [0.3, 0.4) is 0 Å². The van der Waals surface area contributed by atoms with Crippen LogP contribution in [0, 0.1) is 0 Å². The van der Waals surface area contributed by atoms with Crippen LogP contribution < -0.4 is 4.90 Å². The highest BCUT2D eigenvalue weighted by Crippen LogP contribution is 2.65. The third-order valence-electron chi connectivity index (χ3n) is 16.2. The van der Waals surface area contributed by atoms with Crippen LogP contribution in [0.1, 0.15) is 74.9 Å². The van der Waals surface area contributed by atoms with E-state index in [4.69, 9.17) is 4.42 Å². The Morgan fingerprint density at radius 2 is 0.863 bits per heavy atom. The molecule has 12 aromatic rings. The fourth-order valence-electron chi connectivity index (χ4n) is 12.4. The molecule has 0 atom stereocenters. The quantitative estimate of drug-likeness (QED) is 0.171. The summed E-state index contributed by atoms with van der Waals surface area (Å²) in [6, 6.07) is 84.1. The second kappa shape index (κ2) is 15.8. The van der Waals surface area contributed by atoms with Gasteiger partial charge in [0.05, 0.1) is 16.8 Å². The largest absolute Gasteiger partial charge is 0.454 e. The molecule has 1 heterocycles. The maximum Gasteiger partial charge on any atom is 0.159 e. The Labute approximate surface area is 427 Å². The van der Waals surface area contributed by atoms with Gasteiger partial charge in [-0.3, -0.25) is 0 Å². The lowest BCUT2D eigenvalue weighted by Crippen LogP contribution is -2.27. The van der Waals surface area contributed by atoms with E-state index in [1.807, 2.05) is 0 Å². The minimum Gasteiger partial charge on any atom is -0.454 e. The highest BCUT2D eigenvalue weighted by atomic mass is 16.3. The Bertz CT molecular complexity index is 4170. The highest BCUT2D eigenvalue weighted by molar-refractivity contribution is 6.11. The summed E-state index contributed by atoms with van der Waals surface area (Å²) in [5.41, 5.74) is 22.3. The van der Waals surface area contributed by atoms with Gasteiger partial charge in [-0.15, -0.1) is 0 Å².